The summed E-state index contributed by atoms with van der Waals surface area (Å²) in [6, 6.07) is 4.50. The number of halogens is 3. The Labute approximate surface area is 167 Å². The van der Waals surface area contributed by atoms with E-state index in [0.29, 0.717) is 32.0 Å². The molecule has 1 saturated heterocycles. The number of sulfonamides is 1. The molecule has 0 aliphatic carbocycles. The van der Waals surface area contributed by atoms with Gasteiger partial charge in [0.1, 0.15) is 12.1 Å². The molecule has 1 fully saturated rings. The van der Waals surface area contributed by atoms with Crippen molar-refractivity contribution in [3.05, 3.63) is 41.9 Å². The standard InChI is InChI=1S/C18H22F3N5O2S/c1-2-12-9-17(24-11-23-12)26-7-5-13(6-8-26)25-16-4-3-14(29(22,27)28)10-15(16)18(19,20)21/h3-4,9-11,13,25H,2,5-8H2,1H3,(H2,22,27,28). The Kier molecular flexibility index (Phi) is 5.99. The van der Waals surface area contributed by atoms with E-state index < -0.39 is 26.7 Å². The number of hydrogen-bond acceptors (Lipinski definition) is 6. The summed E-state index contributed by atoms with van der Waals surface area (Å²) in [7, 11) is -4.23. The highest BCUT2D eigenvalue weighted by molar-refractivity contribution is 7.89. The van der Waals surface area contributed by atoms with Gasteiger partial charge in [0, 0.05) is 36.6 Å². The number of nitrogens with two attached hydrogens (primary N) is 1. The van der Waals surface area contributed by atoms with Crippen LogP contribution in [0.2, 0.25) is 0 Å². The second-order valence-corrected chi connectivity index (χ2v) is 8.44. The normalized spacial score (nSPS) is 16.1. The number of benzene rings is 1. The van der Waals surface area contributed by atoms with Crippen LogP contribution in [0.3, 0.4) is 0 Å². The van der Waals surface area contributed by atoms with E-state index in [1.807, 2.05) is 13.0 Å². The molecule has 2 heterocycles. The average molecular weight is 429 g/mol. The van der Waals surface area contributed by atoms with Crippen molar-refractivity contribution in [2.24, 2.45) is 5.14 Å². The van der Waals surface area contributed by atoms with Gasteiger partial charge in [-0.3, -0.25) is 0 Å². The summed E-state index contributed by atoms with van der Waals surface area (Å²) in [5.41, 5.74) is -0.270. The van der Waals surface area contributed by atoms with E-state index in [9.17, 15) is 21.6 Å². The van der Waals surface area contributed by atoms with Gasteiger partial charge in [-0.05, 0) is 37.5 Å². The van der Waals surface area contributed by atoms with E-state index in [2.05, 4.69) is 20.2 Å². The molecule has 1 aromatic carbocycles. The van der Waals surface area contributed by atoms with Gasteiger partial charge in [-0.15, -0.1) is 0 Å². The van der Waals surface area contributed by atoms with Crippen LogP contribution in [0.4, 0.5) is 24.7 Å². The molecule has 11 heteroatoms. The molecule has 1 aliphatic rings. The molecule has 1 aliphatic heterocycles. The minimum Gasteiger partial charge on any atom is -0.382 e. The summed E-state index contributed by atoms with van der Waals surface area (Å²) in [5, 5.41) is 7.88. The number of rotatable bonds is 5. The quantitative estimate of drug-likeness (QED) is 0.758. The second-order valence-electron chi connectivity index (χ2n) is 6.88. The van der Waals surface area contributed by atoms with Crippen LogP contribution in [0.1, 0.15) is 31.0 Å². The molecule has 0 atom stereocenters. The van der Waals surface area contributed by atoms with Gasteiger partial charge in [0.15, 0.2) is 0 Å². The van der Waals surface area contributed by atoms with Gasteiger partial charge >= 0.3 is 6.18 Å². The first kappa shape index (κ1) is 21.3. The fraction of sp³-hybridized carbons (Fsp3) is 0.444. The average Bonchev–Trinajstić information content (AvgIpc) is 2.67. The highest BCUT2D eigenvalue weighted by Gasteiger charge is 2.35. The van der Waals surface area contributed by atoms with Gasteiger partial charge in [0.2, 0.25) is 10.0 Å². The molecule has 0 radical (unpaired) electrons. The van der Waals surface area contributed by atoms with Crippen LogP contribution in [0.25, 0.3) is 0 Å². The van der Waals surface area contributed by atoms with E-state index in [0.717, 1.165) is 30.1 Å². The van der Waals surface area contributed by atoms with Gasteiger partial charge in [0.25, 0.3) is 0 Å². The molecule has 0 amide bonds. The molecular weight excluding hydrogens is 407 g/mol. The first-order valence-electron chi connectivity index (χ1n) is 9.14. The molecule has 3 rings (SSSR count). The lowest BCUT2D eigenvalue weighted by atomic mass is 10.0. The van der Waals surface area contributed by atoms with Gasteiger partial charge in [-0.2, -0.15) is 13.2 Å². The molecule has 0 saturated carbocycles. The van der Waals surface area contributed by atoms with Crippen LogP contribution in [-0.2, 0) is 22.6 Å². The van der Waals surface area contributed by atoms with Crippen LogP contribution in [0.15, 0.2) is 35.5 Å². The number of anilines is 2. The maximum atomic E-state index is 13.4. The first-order valence-corrected chi connectivity index (χ1v) is 10.7. The lowest BCUT2D eigenvalue weighted by molar-refractivity contribution is -0.137. The Bertz CT molecular complexity index is 974. The number of aromatic nitrogens is 2. The van der Waals surface area contributed by atoms with Crippen molar-refractivity contribution >= 4 is 21.5 Å². The molecule has 3 N–H and O–H groups in total. The van der Waals surface area contributed by atoms with Crippen molar-refractivity contribution in [3.63, 3.8) is 0 Å². The Hall–Kier alpha value is -2.40. The summed E-state index contributed by atoms with van der Waals surface area (Å²) in [6.45, 7) is 3.27. The zero-order chi connectivity index (χ0) is 21.2. The van der Waals surface area contributed by atoms with Gasteiger partial charge in [-0.25, -0.2) is 23.5 Å². The third-order valence-electron chi connectivity index (χ3n) is 4.88. The first-order chi connectivity index (χ1) is 13.6. The SMILES string of the molecule is CCc1cc(N2CCC(Nc3ccc(S(N)(=O)=O)cc3C(F)(F)F)CC2)ncn1. The Morgan fingerprint density at radius 1 is 1.21 bits per heavy atom. The topological polar surface area (TPSA) is 101 Å². The fourth-order valence-corrected chi connectivity index (χ4v) is 3.83. The van der Waals surface area contributed by atoms with Crippen LogP contribution in [0, 0.1) is 0 Å². The van der Waals surface area contributed by atoms with E-state index in [1.165, 1.54) is 6.33 Å². The minimum atomic E-state index is -4.71. The molecule has 0 spiro atoms. The number of piperidine rings is 1. The number of alkyl halides is 3. The molecule has 2 aromatic rings. The van der Waals surface area contributed by atoms with Crippen molar-refractivity contribution in [2.45, 2.75) is 43.3 Å². The van der Waals surface area contributed by atoms with Crippen molar-refractivity contribution in [3.8, 4) is 0 Å². The second kappa shape index (κ2) is 8.15. The zero-order valence-electron chi connectivity index (χ0n) is 15.8. The smallest absolute Gasteiger partial charge is 0.382 e. The van der Waals surface area contributed by atoms with E-state index in [1.54, 1.807) is 0 Å². The molecule has 0 bridgehead atoms. The minimum absolute atomic E-state index is 0.154. The predicted molar refractivity (Wildman–Crippen MR) is 103 cm³/mol. The van der Waals surface area contributed by atoms with Crippen LogP contribution in [0.5, 0.6) is 0 Å². The summed E-state index contributed by atoms with van der Waals surface area (Å²) in [4.78, 5) is 9.96. The highest BCUT2D eigenvalue weighted by atomic mass is 32.2. The number of nitrogens with one attached hydrogen (secondary N) is 1. The number of primary sulfonamides is 1. The largest absolute Gasteiger partial charge is 0.418 e. The summed E-state index contributed by atoms with van der Waals surface area (Å²) < 4.78 is 63.1. The van der Waals surface area contributed by atoms with Gasteiger partial charge in [-0.1, -0.05) is 6.92 Å². The van der Waals surface area contributed by atoms with E-state index in [-0.39, 0.29) is 11.7 Å². The Morgan fingerprint density at radius 3 is 2.48 bits per heavy atom. The third kappa shape index (κ3) is 5.15. The molecule has 1 aromatic heterocycles. The molecule has 0 unspecified atom stereocenters. The molecular formula is C18H22F3N5O2S. The summed E-state index contributed by atoms with van der Waals surface area (Å²) in [6.07, 6.45) is -1.18. The monoisotopic (exact) mass is 429 g/mol. The summed E-state index contributed by atoms with van der Waals surface area (Å²) in [5.74, 6) is 0.809. The van der Waals surface area contributed by atoms with Crippen LogP contribution >= 0.6 is 0 Å². The summed E-state index contributed by atoms with van der Waals surface area (Å²) >= 11 is 0. The number of nitrogens with zero attached hydrogens (tertiary/aromatic N) is 3. The van der Waals surface area contributed by atoms with Crippen molar-refractivity contribution in [2.75, 3.05) is 23.3 Å². The van der Waals surface area contributed by atoms with Crippen molar-refractivity contribution in [1.29, 1.82) is 0 Å². The predicted octanol–water partition coefficient (Wildman–Crippen LogP) is 2.79. The number of aryl methyl sites for hydroxylation is 1. The van der Waals surface area contributed by atoms with Crippen LogP contribution < -0.4 is 15.4 Å². The number of hydrogen-bond donors (Lipinski definition) is 2. The maximum absolute atomic E-state index is 13.4. The lowest BCUT2D eigenvalue weighted by Gasteiger charge is -2.34. The van der Waals surface area contributed by atoms with E-state index in [4.69, 9.17) is 5.14 Å². The fourth-order valence-electron chi connectivity index (χ4n) is 3.29. The lowest BCUT2D eigenvalue weighted by Crippen LogP contribution is -2.39. The van der Waals surface area contributed by atoms with Gasteiger partial charge in [0.05, 0.1) is 10.5 Å². The highest BCUT2D eigenvalue weighted by Crippen LogP contribution is 2.37. The molecule has 7 nitrogen and oxygen atoms in total. The maximum Gasteiger partial charge on any atom is 0.418 e. The molecule has 29 heavy (non-hydrogen) atoms. The van der Waals surface area contributed by atoms with Crippen molar-refractivity contribution in [1.82, 2.24) is 9.97 Å². The third-order valence-corrected chi connectivity index (χ3v) is 5.79. The van der Waals surface area contributed by atoms with Crippen molar-refractivity contribution < 1.29 is 21.6 Å². The van der Waals surface area contributed by atoms with Gasteiger partial charge < -0.3 is 10.2 Å². The van der Waals surface area contributed by atoms with Crippen LogP contribution in [-0.4, -0.2) is 37.5 Å². The zero-order valence-corrected chi connectivity index (χ0v) is 16.6. The Balaban J connectivity index is 1.73. The Morgan fingerprint density at radius 2 is 1.90 bits per heavy atom. The van der Waals surface area contributed by atoms with E-state index >= 15 is 0 Å². The molecule has 158 valence electrons.